The van der Waals surface area contributed by atoms with Crippen LogP contribution in [0.4, 0.5) is 13.2 Å². The molecule has 2 heterocycles. The molecule has 0 unspecified atom stereocenters. The minimum atomic E-state index is -4.39. The molecule has 0 aliphatic rings. The van der Waals surface area contributed by atoms with E-state index in [-0.39, 0.29) is 6.61 Å². The molecule has 2 aromatic heterocycles. The molecule has 0 radical (unpaired) electrons. The number of thiazole rings is 1. The fraction of sp³-hybridized carbons (Fsp3) is 0.235. The van der Waals surface area contributed by atoms with Gasteiger partial charge in [-0.25, -0.2) is 9.78 Å². The van der Waals surface area contributed by atoms with Crippen molar-refractivity contribution < 1.29 is 22.7 Å². The van der Waals surface area contributed by atoms with Crippen molar-refractivity contribution in [2.45, 2.75) is 19.6 Å². The smallest absolute Gasteiger partial charge is 0.416 e. The highest BCUT2D eigenvalue weighted by molar-refractivity contribution is 7.13. The van der Waals surface area contributed by atoms with Gasteiger partial charge in [-0.05, 0) is 19.1 Å². The Labute approximate surface area is 151 Å². The molecule has 0 spiro atoms. The van der Waals surface area contributed by atoms with Gasteiger partial charge in [0.1, 0.15) is 5.01 Å². The van der Waals surface area contributed by atoms with Crippen molar-refractivity contribution in [1.82, 2.24) is 14.8 Å². The normalized spacial score (nSPS) is 11.5. The van der Waals surface area contributed by atoms with Crippen molar-refractivity contribution in [1.29, 1.82) is 0 Å². The van der Waals surface area contributed by atoms with Crippen LogP contribution in [0.25, 0.3) is 10.6 Å². The van der Waals surface area contributed by atoms with Gasteiger partial charge >= 0.3 is 12.1 Å². The average Bonchev–Trinajstić information content (AvgIpc) is 3.25. The first-order valence-corrected chi connectivity index (χ1v) is 8.56. The molecule has 0 N–H and O–H groups in total. The van der Waals surface area contributed by atoms with Gasteiger partial charge in [0.2, 0.25) is 0 Å². The Morgan fingerprint density at radius 3 is 2.88 bits per heavy atom. The Morgan fingerprint density at radius 2 is 2.15 bits per heavy atom. The van der Waals surface area contributed by atoms with E-state index < -0.39 is 17.7 Å². The summed E-state index contributed by atoms with van der Waals surface area (Å²) in [4.78, 5) is 16.0. The predicted octanol–water partition coefficient (Wildman–Crippen LogP) is 4.25. The highest BCUT2D eigenvalue weighted by Crippen LogP contribution is 2.33. The topological polar surface area (TPSA) is 57.0 Å². The number of alkyl halides is 3. The van der Waals surface area contributed by atoms with Gasteiger partial charge in [-0.1, -0.05) is 12.1 Å². The average molecular weight is 381 g/mol. The maximum atomic E-state index is 12.8. The number of ether oxygens (including phenoxy) is 1. The lowest BCUT2D eigenvalue weighted by Crippen LogP contribution is -2.04. The van der Waals surface area contributed by atoms with Crippen molar-refractivity contribution in [3.05, 3.63) is 58.9 Å². The van der Waals surface area contributed by atoms with E-state index in [1.54, 1.807) is 24.6 Å². The number of nitrogens with zero attached hydrogens (tertiary/aromatic N) is 3. The van der Waals surface area contributed by atoms with Crippen LogP contribution in [0.15, 0.2) is 42.0 Å². The predicted molar refractivity (Wildman–Crippen MR) is 89.8 cm³/mol. The van der Waals surface area contributed by atoms with E-state index in [4.69, 9.17) is 4.74 Å². The molecule has 136 valence electrons. The summed E-state index contributed by atoms with van der Waals surface area (Å²) in [7, 11) is 0. The van der Waals surface area contributed by atoms with Crippen molar-refractivity contribution in [3.63, 3.8) is 0 Å². The quantitative estimate of drug-likeness (QED) is 0.620. The third-order valence-electron chi connectivity index (χ3n) is 3.46. The molecule has 26 heavy (non-hydrogen) atoms. The Kier molecular flexibility index (Phi) is 5.08. The van der Waals surface area contributed by atoms with Gasteiger partial charge in [0.25, 0.3) is 0 Å². The zero-order valence-corrected chi connectivity index (χ0v) is 14.5. The van der Waals surface area contributed by atoms with E-state index in [0.29, 0.717) is 28.4 Å². The molecule has 3 rings (SSSR count). The van der Waals surface area contributed by atoms with Gasteiger partial charge in [-0.2, -0.15) is 18.3 Å². The lowest BCUT2D eigenvalue weighted by atomic mass is 10.1. The third-order valence-corrected chi connectivity index (χ3v) is 4.40. The molecule has 1 aromatic carbocycles. The summed E-state index contributed by atoms with van der Waals surface area (Å²) in [5, 5.41) is 6.32. The number of carbonyl (C=O) groups excluding carboxylic acids is 1. The van der Waals surface area contributed by atoms with Gasteiger partial charge in [-0.3, -0.25) is 4.68 Å². The molecule has 3 aromatic rings. The number of hydrogen-bond donors (Lipinski definition) is 0. The van der Waals surface area contributed by atoms with Crippen molar-refractivity contribution in [2.75, 3.05) is 6.61 Å². The summed E-state index contributed by atoms with van der Waals surface area (Å²) in [6.07, 6.45) is -1.45. The maximum Gasteiger partial charge on any atom is 0.416 e. The van der Waals surface area contributed by atoms with Crippen LogP contribution in [-0.2, 0) is 17.5 Å². The van der Waals surface area contributed by atoms with Gasteiger partial charge in [-0.15, -0.1) is 11.3 Å². The molecule has 9 heteroatoms. The highest BCUT2D eigenvalue weighted by Gasteiger charge is 2.30. The lowest BCUT2D eigenvalue weighted by Gasteiger charge is -2.07. The maximum absolute atomic E-state index is 12.8. The Bertz CT molecular complexity index is 918. The molecule has 0 saturated heterocycles. The fourth-order valence-electron chi connectivity index (χ4n) is 2.28. The van der Waals surface area contributed by atoms with Crippen LogP contribution in [-0.4, -0.2) is 27.3 Å². The number of hydrogen-bond acceptors (Lipinski definition) is 5. The second kappa shape index (κ2) is 7.28. The van der Waals surface area contributed by atoms with E-state index in [9.17, 15) is 18.0 Å². The monoisotopic (exact) mass is 381 g/mol. The second-order valence-electron chi connectivity index (χ2n) is 5.37. The summed E-state index contributed by atoms with van der Waals surface area (Å²) in [6.45, 7) is 2.29. The van der Waals surface area contributed by atoms with Crippen LogP contribution in [0.1, 0.15) is 28.5 Å². The van der Waals surface area contributed by atoms with Crippen molar-refractivity contribution in [3.8, 4) is 10.6 Å². The summed E-state index contributed by atoms with van der Waals surface area (Å²) < 4.78 is 44.9. The summed E-state index contributed by atoms with van der Waals surface area (Å²) in [5.41, 5.74) is 0.669. The van der Waals surface area contributed by atoms with Gasteiger partial charge in [0.05, 0.1) is 36.2 Å². The minimum Gasteiger partial charge on any atom is -0.462 e. The van der Waals surface area contributed by atoms with E-state index in [0.717, 1.165) is 12.1 Å². The molecule has 0 fully saturated rings. The molecule has 0 amide bonds. The first-order valence-electron chi connectivity index (χ1n) is 7.68. The highest BCUT2D eigenvalue weighted by atomic mass is 32.1. The van der Waals surface area contributed by atoms with Crippen LogP contribution in [0.3, 0.4) is 0 Å². The van der Waals surface area contributed by atoms with Crippen LogP contribution in [0.5, 0.6) is 0 Å². The molecular weight excluding hydrogens is 367 g/mol. The van der Waals surface area contributed by atoms with Gasteiger partial charge < -0.3 is 4.74 Å². The van der Waals surface area contributed by atoms with Crippen LogP contribution in [0.2, 0.25) is 0 Å². The lowest BCUT2D eigenvalue weighted by molar-refractivity contribution is -0.137. The number of halogens is 3. The number of aromatic nitrogens is 3. The van der Waals surface area contributed by atoms with Crippen LogP contribution in [0, 0.1) is 0 Å². The fourth-order valence-corrected chi connectivity index (χ4v) is 3.08. The summed E-state index contributed by atoms with van der Waals surface area (Å²) in [5.74, 6) is -0.457. The Morgan fingerprint density at radius 1 is 1.35 bits per heavy atom. The summed E-state index contributed by atoms with van der Waals surface area (Å²) >= 11 is 1.25. The van der Waals surface area contributed by atoms with E-state index in [2.05, 4.69) is 10.1 Å². The molecule has 5 nitrogen and oxygen atoms in total. The minimum absolute atomic E-state index is 0.274. The number of benzene rings is 1. The summed E-state index contributed by atoms with van der Waals surface area (Å²) in [6, 6.07) is 5.05. The van der Waals surface area contributed by atoms with E-state index in [1.165, 1.54) is 28.3 Å². The Balaban J connectivity index is 1.76. The van der Waals surface area contributed by atoms with E-state index >= 15 is 0 Å². The molecular formula is C17H14F3N3O2S. The van der Waals surface area contributed by atoms with Gasteiger partial charge in [0, 0.05) is 17.1 Å². The zero-order valence-electron chi connectivity index (χ0n) is 13.7. The number of rotatable bonds is 5. The van der Waals surface area contributed by atoms with Crippen molar-refractivity contribution >= 4 is 17.3 Å². The molecule has 0 bridgehead atoms. The first-order chi connectivity index (χ1) is 12.4. The van der Waals surface area contributed by atoms with Gasteiger partial charge in [0.15, 0.2) is 0 Å². The zero-order chi connectivity index (χ0) is 18.7. The third kappa shape index (κ3) is 4.10. The largest absolute Gasteiger partial charge is 0.462 e. The van der Waals surface area contributed by atoms with Crippen LogP contribution >= 0.6 is 11.3 Å². The molecule has 0 aliphatic carbocycles. The molecule has 0 saturated carbocycles. The van der Waals surface area contributed by atoms with Crippen LogP contribution < -0.4 is 0 Å². The second-order valence-corrected chi connectivity index (χ2v) is 6.23. The molecule has 0 atom stereocenters. The Hall–Kier alpha value is -2.68. The number of carbonyl (C=O) groups is 1. The van der Waals surface area contributed by atoms with Crippen molar-refractivity contribution in [2.24, 2.45) is 0 Å². The van der Waals surface area contributed by atoms with E-state index in [1.807, 2.05) is 0 Å². The first kappa shape index (κ1) is 18.1. The SMILES string of the molecule is CCOC(=O)c1cnn(Cc2csc(-c3cccc(C(F)(F)F)c3)n2)c1. The number of esters is 1. The standard InChI is InChI=1S/C17H14F3N3O2S/c1-2-25-16(24)12-7-21-23(8-12)9-14-10-26-15(22-14)11-4-3-5-13(6-11)17(18,19)20/h3-8,10H,2,9H2,1H3. The molecule has 0 aliphatic heterocycles.